The van der Waals surface area contributed by atoms with Gasteiger partial charge in [-0.15, -0.1) is 0 Å². The molecule has 2 rings (SSSR count). The van der Waals surface area contributed by atoms with Gasteiger partial charge in [-0.05, 0) is 25.1 Å². The third-order valence-corrected chi connectivity index (χ3v) is 3.99. The molecule has 8 heteroatoms. The van der Waals surface area contributed by atoms with Crippen LogP contribution in [0.15, 0.2) is 24.3 Å². The highest BCUT2D eigenvalue weighted by atomic mass is 32.2. The van der Waals surface area contributed by atoms with Crippen molar-refractivity contribution in [3.05, 3.63) is 29.8 Å². The van der Waals surface area contributed by atoms with Crippen LogP contribution in [0.2, 0.25) is 0 Å². The predicted molar refractivity (Wildman–Crippen MR) is 84.8 cm³/mol. The van der Waals surface area contributed by atoms with Crippen LogP contribution < -0.4 is 5.32 Å². The smallest absolute Gasteiger partial charge is 0.326 e. The van der Waals surface area contributed by atoms with Crippen LogP contribution in [0.25, 0.3) is 0 Å². The van der Waals surface area contributed by atoms with Crippen LogP contribution in [0.1, 0.15) is 12.5 Å². The first-order chi connectivity index (χ1) is 11.0. The maximum atomic E-state index is 12.0. The van der Waals surface area contributed by atoms with Crippen LogP contribution >= 0.6 is 11.8 Å². The largest absolute Gasteiger partial charge is 0.451 e. The van der Waals surface area contributed by atoms with Gasteiger partial charge in [0.05, 0.1) is 11.6 Å². The molecule has 1 N–H and O–H groups in total. The van der Waals surface area contributed by atoms with Crippen molar-refractivity contribution < 1.29 is 19.1 Å². The Hall–Kier alpha value is -2.53. The van der Waals surface area contributed by atoms with E-state index in [4.69, 9.17) is 10.00 Å². The number of benzene rings is 1. The van der Waals surface area contributed by atoms with Crippen molar-refractivity contribution in [3.8, 4) is 6.07 Å². The molecule has 0 saturated carbocycles. The molecule has 1 saturated heterocycles. The number of rotatable bonds is 5. The molecule has 2 amide bonds. The molecule has 1 aliphatic heterocycles. The number of thioether (sulfide) groups is 1. The number of hydrogen-bond acceptors (Lipinski definition) is 6. The molecule has 0 spiro atoms. The number of carbonyl (C=O) groups is 3. The standard InChI is InChI=1S/C15H15N3O4S/c1-10(22-13(19)9-18-5-6-23-15(18)21)14(20)17-12-4-2-3-11(7-12)8-16/h2-4,7,10H,5-6,9H2,1H3,(H,17,20)/t10-/m1/s1. The highest BCUT2D eigenvalue weighted by Crippen LogP contribution is 2.17. The third-order valence-electron chi connectivity index (χ3n) is 3.10. The summed E-state index contributed by atoms with van der Waals surface area (Å²) in [5, 5.41) is 11.2. The van der Waals surface area contributed by atoms with Crippen LogP contribution in [-0.2, 0) is 14.3 Å². The Bertz CT molecular complexity index is 671. The second-order valence-electron chi connectivity index (χ2n) is 4.85. The molecule has 1 atom stereocenters. The minimum atomic E-state index is -1.00. The lowest BCUT2D eigenvalue weighted by Gasteiger charge is -2.17. The Morgan fingerprint density at radius 2 is 2.30 bits per heavy atom. The summed E-state index contributed by atoms with van der Waals surface area (Å²) >= 11 is 1.15. The second-order valence-corrected chi connectivity index (χ2v) is 5.90. The van der Waals surface area contributed by atoms with Gasteiger partial charge in [-0.3, -0.25) is 14.4 Å². The molecule has 7 nitrogen and oxygen atoms in total. The first-order valence-corrected chi connectivity index (χ1v) is 7.90. The molecule has 1 fully saturated rings. The van der Waals surface area contributed by atoms with E-state index in [1.54, 1.807) is 18.2 Å². The van der Waals surface area contributed by atoms with E-state index in [1.165, 1.54) is 17.9 Å². The SMILES string of the molecule is C[C@@H](OC(=O)CN1CCSC1=O)C(=O)Nc1cccc(C#N)c1. The maximum Gasteiger partial charge on any atom is 0.326 e. The Labute approximate surface area is 137 Å². The van der Waals surface area contributed by atoms with E-state index in [1.807, 2.05) is 6.07 Å². The van der Waals surface area contributed by atoms with Crippen molar-refractivity contribution in [2.45, 2.75) is 13.0 Å². The third kappa shape index (κ3) is 4.72. The Morgan fingerprint density at radius 1 is 1.52 bits per heavy atom. The summed E-state index contributed by atoms with van der Waals surface area (Å²) in [6.07, 6.45) is -1.00. The minimum Gasteiger partial charge on any atom is -0.451 e. The average molecular weight is 333 g/mol. The summed E-state index contributed by atoms with van der Waals surface area (Å²) in [7, 11) is 0. The number of carbonyl (C=O) groups excluding carboxylic acids is 3. The summed E-state index contributed by atoms with van der Waals surface area (Å²) in [6, 6.07) is 8.38. The van der Waals surface area contributed by atoms with Crippen LogP contribution in [0.4, 0.5) is 10.5 Å². The van der Waals surface area contributed by atoms with E-state index in [0.717, 1.165) is 11.8 Å². The highest BCUT2D eigenvalue weighted by Gasteiger charge is 2.26. The van der Waals surface area contributed by atoms with Crippen molar-refractivity contribution in [1.29, 1.82) is 5.26 Å². The highest BCUT2D eigenvalue weighted by molar-refractivity contribution is 8.13. The van der Waals surface area contributed by atoms with Crippen LogP contribution in [-0.4, -0.2) is 47.0 Å². The normalized spacial score (nSPS) is 15.0. The maximum absolute atomic E-state index is 12.0. The number of nitrogens with zero attached hydrogens (tertiary/aromatic N) is 2. The molecule has 0 bridgehead atoms. The summed E-state index contributed by atoms with van der Waals surface area (Å²) in [5.74, 6) is -0.484. The summed E-state index contributed by atoms with van der Waals surface area (Å²) in [5.41, 5.74) is 0.862. The summed E-state index contributed by atoms with van der Waals surface area (Å²) in [4.78, 5) is 36.5. The van der Waals surface area contributed by atoms with Gasteiger partial charge < -0.3 is 15.0 Å². The molecule has 0 aromatic heterocycles. The molecule has 1 aliphatic rings. The number of nitriles is 1. The van der Waals surface area contributed by atoms with Gasteiger partial charge in [0.15, 0.2) is 6.10 Å². The van der Waals surface area contributed by atoms with Gasteiger partial charge in [0.1, 0.15) is 6.54 Å². The van der Waals surface area contributed by atoms with E-state index in [2.05, 4.69) is 5.32 Å². The Morgan fingerprint density at radius 3 is 2.96 bits per heavy atom. The van der Waals surface area contributed by atoms with Crippen LogP contribution in [0.5, 0.6) is 0 Å². The zero-order valence-corrected chi connectivity index (χ0v) is 13.3. The van der Waals surface area contributed by atoms with Gasteiger partial charge in [0.25, 0.3) is 11.1 Å². The monoisotopic (exact) mass is 333 g/mol. The summed E-state index contributed by atoms with van der Waals surface area (Å²) in [6.45, 7) is 1.79. The number of hydrogen-bond donors (Lipinski definition) is 1. The Kier molecular flexibility index (Phi) is 5.60. The van der Waals surface area contributed by atoms with Gasteiger partial charge >= 0.3 is 5.97 Å². The van der Waals surface area contributed by atoms with Gasteiger partial charge in [-0.25, -0.2) is 0 Å². The topological polar surface area (TPSA) is 99.5 Å². The van der Waals surface area contributed by atoms with Crippen molar-refractivity contribution in [3.63, 3.8) is 0 Å². The fraction of sp³-hybridized carbons (Fsp3) is 0.333. The van der Waals surface area contributed by atoms with Crippen molar-refractivity contribution in [2.75, 3.05) is 24.2 Å². The first-order valence-electron chi connectivity index (χ1n) is 6.92. The fourth-order valence-electron chi connectivity index (χ4n) is 1.92. The second kappa shape index (κ2) is 7.65. The average Bonchev–Trinajstić information content (AvgIpc) is 2.92. The molecule has 1 heterocycles. The van der Waals surface area contributed by atoms with Gasteiger partial charge in [0, 0.05) is 18.0 Å². The molecular formula is C15H15N3O4S. The lowest BCUT2D eigenvalue weighted by atomic mass is 10.2. The van der Waals surface area contributed by atoms with E-state index < -0.39 is 18.0 Å². The van der Waals surface area contributed by atoms with Crippen molar-refractivity contribution in [2.24, 2.45) is 0 Å². The quantitative estimate of drug-likeness (QED) is 0.822. The Balaban J connectivity index is 1.85. The number of amides is 2. The number of nitrogens with one attached hydrogen (secondary N) is 1. The number of ether oxygens (including phenoxy) is 1. The number of esters is 1. The van der Waals surface area contributed by atoms with E-state index in [9.17, 15) is 14.4 Å². The minimum absolute atomic E-state index is 0.159. The zero-order chi connectivity index (χ0) is 16.8. The van der Waals surface area contributed by atoms with Crippen molar-refractivity contribution in [1.82, 2.24) is 4.90 Å². The van der Waals surface area contributed by atoms with Crippen LogP contribution in [0, 0.1) is 11.3 Å². The first kappa shape index (κ1) is 16.8. The van der Waals surface area contributed by atoms with E-state index in [0.29, 0.717) is 23.5 Å². The zero-order valence-electron chi connectivity index (χ0n) is 12.4. The molecule has 23 heavy (non-hydrogen) atoms. The molecule has 1 aromatic rings. The van der Waals surface area contributed by atoms with Gasteiger partial charge in [-0.1, -0.05) is 17.8 Å². The lowest BCUT2D eigenvalue weighted by molar-refractivity contribution is -0.153. The fourth-order valence-corrected chi connectivity index (χ4v) is 2.75. The summed E-state index contributed by atoms with van der Waals surface area (Å²) < 4.78 is 5.03. The van der Waals surface area contributed by atoms with Crippen LogP contribution in [0.3, 0.4) is 0 Å². The van der Waals surface area contributed by atoms with Gasteiger partial charge in [0.2, 0.25) is 0 Å². The molecule has 0 radical (unpaired) electrons. The molecule has 0 unspecified atom stereocenters. The predicted octanol–water partition coefficient (Wildman–Crippen LogP) is 1.60. The van der Waals surface area contributed by atoms with Gasteiger partial charge in [-0.2, -0.15) is 5.26 Å². The molecule has 0 aliphatic carbocycles. The number of anilines is 1. The molecule has 120 valence electrons. The molecular weight excluding hydrogens is 318 g/mol. The van der Waals surface area contributed by atoms with Crippen molar-refractivity contribution >= 4 is 34.6 Å². The van der Waals surface area contributed by atoms with E-state index in [-0.39, 0.29) is 11.8 Å². The van der Waals surface area contributed by atoms with E-state index >= 15 is 0 Å². The lowest BCUT2D eigenvalue weighted by Crippen LogP contribution is -2.36. The molecule has 1 aromatic carbocycles.